The van der Waals surface area contributed by atoms with E-state index in [2.05, 4.69) is 98.1 Å². The Morgan fingerprint density at radius 2 is 1.34 bits per heavy atom. The Balaban J connectivity index is 1.09. The summed E-state index contributed by atoms with van der Waals surface area (Å²) in [4.78, 5) is 25.7. The van der Waals surface area contributed by atoms with Gasteiger partial charge in [-0.2, -0.15) is 32.9 Å². The molecule has 2 aliphatic heterocycles. The monoisotopic (exact) mass is 827 g/mol. The van der Waals surface area contributed by atoms with Crippen LogP contribution in [0.3, 0.4) is 0 Å². The molecule has 0 bridgehead atoms. The molecule has 300 valence electrons. The molecule has 18 heteroatoms. The van der Waals surface area contributed by atoms with Crippen molar-refractivity contribution in [1.29, 1.82) is 0 Å². The minimum Gasteiger partial charge on any atom is -0.495 e. The topological polar surface area (TPSA) is 170 Å². The molecule has 0 atom stereocenters. The van der Waals surface area contributed by atoms with Gasteiger partial charge in [-0.15, -0.1) is 0 Å². The molecule has 2 fully saturated rings. The third-order valence-electron chi connectivity index (χ3n) is 10.9. The SMILES string of the molecule is COc1ccc(N2CCOCC2)cc1Nc1ncnc2[nH]nc(-c3cscc3-c3cc(N4CCN(C)CC4)cc(Nc4ncnc5[nH]nc(-c6ccsc6)c45)c3OC)c12. The van der Waals surface area contributed by atoms with Gasteiger partial charge in [0.25, 0.3) is 0 Å². The third kappa shape index (κ3) is 6.92. The first-order valence-corrected chi connectivity index (χ1v) is 21.1. The highest BCUT2D eigenvalue weighted by molar-refractivity contribution is 7.09. The van der Waals surface area contributed by atoms with Gasteiger partial charge in [0.2, 0.25) is 0 Å². The van der Waals surface area contributed by atoms with Crippen molar-refractivity contribution in [3.05, 3.63) is 70.6 Å². The van der Waals surface area contributed by atoms with E-state index in [-0.39, 0.29) is 0 Å². The van der Waals surface area contributed by atoms with E-state index in [4.69, 9.17) is 29.3 Å². The van der Waals surface area contributed by atoms with Crippen LogP contribution < -0.4 is 29.9 Å². The van der Waals surface area contributed by atoms with E-state index in [1.807, 2.05) is 17.5 Å². The highest BCUT2D eigenvalue weighted by Gasteiger charge is 2.26. The fourth-order valence-corrected chi connectivity index (χ4v) is 9.31. The van der Waals surface area contributed by atoms with Crippen molar-refractivity contribution in [2.24, 2.45) is 0 Å². The normalized spacial score (nSPS) is 15.0. The van der Waals surface area contributed by atoms with Crippen LogP contribution in [0.2, 0.25) is 0 Å². The number of fused-ring (bicyclic) bond motifs is 2. The molecule has 0 saturated carbocycles. The number of hydrogen-bond donors (Lipinski definition) is 4. The number of thiophene rings is 2. The molecule has 10 rings (SSSR count). The Morgan fingerprint density at radius 1 is 0.661 bits per heavy atom. The number of nitrogens with one attached hydrogen (secondary N) is 4. The Bertz CT molecular complexity index is 2750. The van der Waals surface area contributed by atoms with Crippen molar-refractivity contribution in [2.75, 3.05) is 94.2 Å². The van der Waals surface area contributed by atoms with Crippen LogP contribution in [0.1, 0.15) is 0 Å². The van der Waals surface area contributed by atoms with Gasteiger partial charge in [-0.3, -0.25) is 10.2 Å². The number of likely N-dealkylation sites (N-methyl/N-ethyl adjacent to an activating group) is 1. The second kappa shape index (κ2) is 15.8. The Kier molecular flexibility index (Phi) is 9.89. The van der Waals surface area contributed by atoms with E-state index in [0.717, 1.165) is 101 Å². The van der Waals surface area contributed by atoms with Crippen LogP contribution in [-0.2, 0) is 4.74 Å². The Labute approximate surface area is 347 Å². The first-order valence-electron chi connectivity index (χ1n) is 19.2. The van der Waals surface area contributed by atoms with Gasteiger partial charge in [0.1, 0.15) is 47.2 Å². The highest BCUT2D eigenvalue weighted by atomic mass is 32.1. The van der Waals surface area contributed by atoms with Gasteiger partial charge in [-0.1, -0.05) is 0 Å². The summed E-state index contributed by atoms with van der Waals surface area (Å²) in [5.41, 5.74) is 10.2. The quantitative estimate of drug-likeness (QED) is 0.103. The van der Waals surface area contributed by atoms with Gasteiger partial charge in [0.05, 0.1) is 49.6 Å². The van der Waals surface area contributed by atoms with Crippen molar-refractivity contribution in [3.63, 3.8) is 0 Å². The predicted molar refractivity (Wildman–Crippen MR) is 234 cm³/mol. The van der Waals surface area contributed by atoms with E-state index < -0.39 is 0 Å². The van der Waals surface area contributed by atoms with Gasteiger partial charge in [-0.05, 0) is 54.2 Å². The molecule has 8 aromatic rings. The molecule has 0 spiro atoms. The van der Waals surface area contributed by atoms with Crippen LogP contribution in [0.5, 0.6) is 11.5 Å². The zero-order valence-corrected chi connectivity index (χ0v) is 34.3. The summed E-state index contributed by atoms with van der Waals surface area (Å²) in [6.07, 6.45) is 3.08. The highest BCUT2D eigenvalue weighted by Crippen LogP contribution is 2.48. The largest absolute Gasteiger partial charge is 0.495 e. The maximum absolute atomic E-state index is 6.34. The van der Waals surface area contributed by atoms with Crippen LogP contribution in [-0.4, -0.2) is 119 Å². The number of aromatic nitrogens is 8. The summed E-state index contributed by atoms with van der Waals surface area (Å²) in [5, 5.41) is 32.9. The standard InChI is InChI=1S/C41H41N13O3S2/c1-52-7-9-53(10-8-52)26-16-27(37(56-3)31(18-26)47-38-33-35(24-6-15-58-19-24)48-50-40(33)44-22-42-38)28-20-59-21-29(28)36-34-39(43-23-45-41(34)51-49-36)46-30-17-25(4-5-32(30)55-2)54-11-13-57-14-12-54/h4-6,15-23H,7-14H2,1-3H3,(H2,42,44,47,48,50)(H2,43,45,46,49,51). The number of anilines is 6. The summed E-state index contributed by atoms with van der Waals surface area (Å²) < 4.78 is 17.8. The van der Waals surface area contributed by atoms with E-state index in [1.54, 1.807) is 43.2 Å². The lowest BCUT2D eigenvalue weighted by molar-refractivity contribution is 0.122. The summed E-state index contributed by atoms with van der Waals surface area (Å²) in [7, 11) is 5.53. The zero-order valence-electron chi connectivity index (χ0n) is 32.7. The molecule has 0 radical (unpaired) electrons. The number of methoxy groups -OCH3 is 2. The lowest BCUT2D eigenvalue weighted by atomic mass is 9.98. The molecule has 2 aromatic carbocycles. The third-order valence-corrected chi connectivity index (χ3v) is 12.4. The molecule has 0 amide bonds. The second-order valence-corrected chi connectivity index (χ2v) is 15.9. The minimum absolute atomic E-state index is 0.600. The maximum Gasteiger partial charge on any atom is 0.161 e. The number of hydrogen-bond acceptors (Lipinski definition) is 16. The van der Waals surface area contributed by atoms with Crippen LogP contribution >= 0.6 is 22.7 Å². The smallest absolute Gasteiger partial charge is 0.161 e. The Morgan fingerprint density at radius 3 is 2.05 bits per heavy atom. The molecular weight excluding hydrogens is 787 g/mol. The van der Waals surface area contributed by atoms with Gasteiger partial charge in [0, 0.05) is 83.7 Å². The predicted octanol–water partition coefficient (Wildman–Crippen LogP) is 7.24. The van der Waals surface area contributed by atoms with Crippen molar-refractivity contribution in [3.8, 4) is 45.1 Å². The average molecular weight is 828 g/mol. The number of H-pyrrole nitrogens is 2. The molecule has 0 unspecified atom stereocenters. The van der Waals surface area contributed by atoms with Crippen molar-refractivity contribution < 1.29 is 14.2 Å². The van der Waals surface area contributed by atoms with Crippen LogP contribution in [0.25, 0.3) is 55.7 Å². The zero-order chi connectivity index (χ0) is 39.9. The first-order chi connectivity index (χ1) is 29.1. The molecule has 8 heterocycles. The van der Waals surface area contributed by atoms with Gasteiger partial charge >= 0.3 is 0 Å². The number of rotatable bonds is 11. The fourth-order valence-electron chi connectivity index (χ4n) is 7.84. The van der Waals surface area contributed by atoms with Crippen LogP contribution in [0.15, 0.2) is 70.6 Å². The van der Waals surface area contributed by atoms with E-state index >= 15 is 0 Å². The van der Waals surface area contributed by atoms with Crippen LogP contribution in [0, 0.1) is 0 Å². The van der Waals surface area contributed by atoms with Gasteiger partial charge in [0.15, 0.2) is 11.3 Å². The molecule has 59 heavy (non-hydrogen) atoms. The first kappa shape index (κ1) is 37.0. The summed E-state index contributed by atoms with van der Waals surface area (Å²) in [6, 6.07) is 12.6. The van der Waals surface area contributed by atoms with Crippen LogP contribution in [0.4, 0.5) is 34.4 Å². The molecule has 4 N–H and O–H groups in total. The molecule has 2 saturated heterocycles. The van der Waals surface area contributed by atoms with Crippen molar-refractivity contribution in [1.82, 2.24) is 45.2 Å². The number of ether oxygens (including phenoxy) is 3. The summed E-state index contributed by atoms with van der Waals surface area (Å²) in [5.74, 6) is 2.58. The number of nitrogens with zero attached hydrogens (tertiary/aromatic N) is 9. The Hall–Kier alpha value is -6.34. The summed E-state index contributed by atoms with van der Waals surface area (Å²) in [6.45, 7) is 6.68. The minimum atomic E-state index is 0.600. The second-order valence-electron chi connectivity index (χ2n) is 14.3. The van der Waals surface area contributed by atoms with Gasteiger partial charge < -0.3 is 39.5 Å². The average Bonchev–Trinajstić information content (AvgIpc) is 4.11. The maximum atomic E-state index is 6.34. The lowest BCUT2D eigenvalue weighted by Crippen LogP contribution is -2.44. The number of benzene rings is 2. The van der Waals surface area contributed by atoms with Crippen molar-refractivity contribution in [2.45, 2.75) is 0 Å². The fraction of sp³-hybridized carbons (Fsp3) is 0.268. The van der Waals surface area contributed by atoms with E-state index in [1.165, 1.54) is 6.33 Å². The number of piperazine rings is 1. The molecule has 2 aliphatic rings. The number of aromatic amines is 2. The van der Waals surface area contributed by atoms with Crippen molar-refractivity contribution >= 4 is 79.1 Å². The lowest BCUT2D eigenvalue weighted by Gasteiger charge is -2.34. The molecule has 0 aliphatic carbocycles. The molecule has 16 nitrogen and oxygen atoms in total. The van der Waals surface area contributed by atoms with E-state index in [0.29, 0.717) is 53.3 Å². The molecular formula is C41H41N13O3S2. The molecule has 6 aromatic heterocycles. The number of morpholine rings is 1. The van der Waals surface area contributed by atoms with E-state index in [9.17, 15) is 0 Å². The summed E-state index contributed by atoms with van der Waals surface area (Å²) >= 11 is 3.21. The van der Waals surface area contributed by atoms with Gasteiger partial charge in [-0.25, -0.2) is 19.9 Å².